The molecule has 0 spiro atoms. The van der Waals surface area contributed by atoms with Crippen LogP contribution in [-0.4, -0.2) is 48.6 Å². The summed E-state index contributed by atoms with van der Waals surface area (Å²) in [5, 5.41) is 0. The predicted molar refractivity (Wildman–Crippen MR) is 130 cm³/mol. The maximum absolute atomic E-state index is 5.27. The fraction of sp³-hybridized carbons (Fsp3) is 1.00. The summed E-state index contributed by atoms with van der Waals surface area (Å²) in [4.78, 5) is 0. The second-order valence-corrected chi connectivity index (χ2v) is 11.0. The minimum Gasteiger partial charge on any atom is -1.00 e. The van der Waals surface area contributed by atoms with E-state index < -0.39 is 0 Å². The van der Waals surface area contributed by atoms with Crippen molar-refractivity contribution in [3.8, 4) is 0 Å². The lowest BCUT2D eigenvalue weighted by Gasteiger charge is -2.29. The molecule has 0 radical (unpaired) electrons. The topological polar surface area (TPSA) is 21.3 Å². The van der Waals surface area contributed by atoms with Gasteiger partial charge in [0.2, 0.25) is 0 Å². The molecule has 0 aromatic carbocycles. The van der Waals surface area contributed by atoms with Gasteiger partial charge in [-0.3, -0.25) is 4.59 Å². The molecule has 0 aromatic heterocycles. The standard InChI is InChI=1S/C24H55N2OSi.ClH/c1-5-6-7-8-9-10-11-12-13-14-15-16-17-18-19-20-22-25-26(2,3)23-21-24-28-27-4;/h25H,5-24,28H2,1-4H3;1H/q+1;/p-1. The van der Waals surface area contributed by atoms with Crippen LogP contribution in [0.1, 0.15) is 116 Å². The van der Waals surface area contributed by atoms with Gasteiger partial charge in [-0.05, 0) is 18.9 Å². The molecule has 3 nitrogen and oxygen atoms in total. The lowest BCUT2D eigenvalue weighted by Crippen LogP contribution is -3.00. The van der Waals surface area contributed by atoms with Crippen LogP contribution in [0.3, 0.4) is 0 Å². The molecule has 0 saturated carbocycles. The first-order valence-corrected chi connectivity index (χ1v) is 14.3. The molecule has 0 saturated heterocycles. The van der Waals surface area contributed by atoms with Crippen molar-refractivity contribution in [2.75, 3.05) is 34.3 Å². The van der Waals surface area contributed by atoms with Crippen molar-refractivity contribution in [3.05, 3.63) is 0 Å². The summed E-state index contributed by atoms with van der Waals surface area (Å²) in [6.45, 7) is 4.68. The Bertz CT molecular complexity index is 307. The van der Waals surface area contributed by atoms with Crippen LogP contribution in [0.15, 0.2) is 0 Å². The minimum absolute atomic E-state index is 0. The highest BCUT2D eigenvalue weighted by Crippen LogP contribution is 2.13. The Labute approximate surface area is 193 Å². The molecule has 0 rings (SSSR count). The summed E-state index contributed by atoms with van der Waals surface area (Å²) in [5.41, 5.74) is 3.70. The zero-order chi connectivity index (χ0) is 20.8. The molecule has 0 bridgehead atoms. The highest BCUT2D eigenvalue weighted by atomic mass is 35.5. The Balaban J connectivity index is 0. The Hall–Kier alpha value is 0.387. The van der Waals surface area contributed by atoms with E-state index in [1.807, 2.05) is 7.11 Å². The van der Waals surface area contributed by atoms with E-state index in [1.165, 1.54) is 122 Å². The van der Waals surface area contributed by atoms with Gasteiger partial charge >= 0.3 is 0 Å². The molecular formula is C24H55ClN2OSi. The van der Waals surface area contributed by atoms with Gasteiger partial charge < -0.3 is 16.8 Å². The monoisotopic (exact) mass is 450 g/mol. The number of nitrogens with zero attached hydrogens (tertiary/aromatic N) is 1. The predicted octanol–water partition coefficient (Wildman–Crippen LogP) is 3.37. The Morgan fingerprint density at radius 3 is 1.48 bits per heavy atom. The van der Waals surface area contributed by atoms with Gasteiger partial charge in [-0.15, -0.1) is 0 Å². The zero-order valence-corrected chi connectivity index (χ0v) is 22.8. The average molecular weight is 451 g/mol. The van der Waals surface area contributed by atoms with E-state index >= 15 is 0 Å². The van der Waals surface area contributed by atoms with E-state index in [1.54, 1.807) is 0 Å². The molecule has 0 aliphatic heterocycles. The third kappa shape index (κ3) is 26.4. The number of nitrogens with one attached hydrogen (secondary N) is 1. The average Bonchev–Trinajstić information content (AvgIpc) is 2.67. The van der Waals surface area contributed by atoms with Gasteiger partial charge in [-0.2, -0.15) is 5.43 Å². The number of quaternary nitrogens is 1. The van der Waals surface area contributed by atoms with Gasteiger partial charge in [0, 0.05) is 13.7 Å². The van der Waals surface area contributed by atoms with Crippen molar-refractivity contribution in [1.82, 2.24) is 5.43 Å². The molecule has 0 aliphatic carbocycles. The van der Waals surface area contributed by atoms with E-state index in [0.29, 0.717) is 0 Å². The summed E-state index contributed by atoms with van der Waals surface area (Å²) in [6.07, 6.45) is 24.3. The number of rotatable bonds is 23. The van der Waals surface area contributed by atoms with E-state index in [2.05, 4.69) is 26.4 Å². The van der Waals surface area contributed by atoms with E-state index in [-0.39, 0.29) is 22.2 Å². The summed E-state index contributed by atoms with van der Waals surface area (Å²) in [6, 6.07) is 1.30. The van der Waals surface area contributed by atoms with E-state index in [4.69, 9.17) is 4.43 Å². The number of halogens is 1. The van der Waals surface area contributed by atoms with Crippen molar-refractivity contribution in [2.24, 2.45) is 0 Å². The smallest absolute Gasteiger partial charge is 0.161 e. The Kier molecular flexibility index (Phi) is 26.8. The lowest BCUT2D eigenvalue weighted by molar-refractivity contribution is -0.934. The molecule has 0 aliphatic rings. The first-order chi connectivity index (χ1) is 13.6. The summed E-state index contributed by atoms with van der Waals surface area (Å²) in [5.74, 6) is 0. The van der Waals surface area contributed by atoms with Gasteiger partial charge in [-0.25, -0.2) is 0 Å². The minimum atomic E-state index is -0.235. The van der Waals surface area contributed by atoms with Crippen LogP contribution >= 0.6 is 0 Å². The third-order valence-corrected chi connectivity index (χ3v) is 7.08. The van der Waals surface area contributed by atoms with Crippen molar-refractivity contribution in [3.63, 3.8) is 0 Å². The normalized spacial score (nSPS) is 12.0. The second kappa shape index (κ2) is 24.7. The summed E-state index contributed by atoms with van der Waals surface area (Å²) >= 11 is 0. The maximum atomic E-state index is 5.27. The van der Waals surface area contributed by atoms with Crippen molar-refractivity contribution >= 4 is 9.76 Å². The fourth-order valence-corrected chi connectivity index (χ4v) is 4.60. The van der Waals surface area contributed by atoms with Crippen molar-refractivity contribution in [1.29, 1.82) is 0 Å². The van der Waals surface area contributed by atoms with Crippen LogP contribution in [0.2, 0.25) is 6.04 Å². The molecule has 0 unspecified atom stereocenters. The first kappa shape index (κ1) is 31.6. The van der Waals surface area contributed by atoms with Gasteiger partial charge in [0.15, 0.2) is 9.76 Å². The van der Waals surface area contributed by atoms with Crippen molar-refractivity contribution < 1.29 is 21.4 Å². The lowest BCUT2D eigenvalue weighted by atomic mass is 10.0. The molecule has 0 amide bonds. The molecule has 0 aromatic rings. The van der Waals surface area contributed by atoms with Gasteiger partial charge in [0.1, 0.15) is 0 Å². The SMILES string of the molecule is CCCCCCCCCCCCCCCCCCN[N+](C)(C)CCC[SiH2]OC.[Cl-]. The third-order valence-electron chi connectivity index (χ3n) is 5.89. The zero-order valence-electron chi connectivity index (χ0n) is 20.6. The molecule has 0 atom stereocenters. The second-order valence-electron chi connectivity index (χ2n) is 9.32. The van der Waals surface area contributed by atoms with Crippen LogP contribution in [0.5, 0.6) is 0 Å². The van der Waals surface area contributed by atoms with Crippen LogP contribution in [-0.2, 0) is 4.43 Å². The highest BCUT2D eigenvalue weighted by Gasteiger charge is 2.13. The maximum Gasteiger partial charge on any atom is 0.161 e. The summed E-state index contributed by atoms with van der Waals surface area (Å²) in [7, 11) is 6.20. The highest BCUT2D eigenvalue weighted by molar-refractivity contribution is 6.26. The molecular weight excluding hydrogens is 396 g/mol. The van der Waals surface area contributed by atoms with Crippen LogP contribution < -0.4 is 17.8 Å². The quantitative estimate of drug-likeness (QED) is 0.111. The fourth-order valence-electron chi connectivity index (χ4n) is 3.89. The molecule has 0 fully saturated rings. The molecule has 0 heterocycles. The Morgan fingerprint density at radius 1 is 0.655 bits per heavy atom. The molecule has 178 valence electrons. The largest absolute Gasteiger partial charge is 1.00 e. The molecule has 1 N–H and O–H groups in total. The molecule has 29 heavy (non-hydrogen) atoms. The Morgan fingerprint density at radius 2 is 1.07 bits per heavy atom. The first-order valence-electron chi connectivity index (χ1n) is 12.7. The van der Waals surface area contributed by atoms with Crippen molar-refractivity contribution in [2.45, 2.75) is 122 Å². The number of hydrogen-bond donors (Lipinski definition) is 1. The van der Waals surface area contributed by atoms with E-state index in [9.17, 15) is 0 Å². The van der Waals surface area contributed by atoms with Crippen LogP contribution in [0.25, 0.3) is 0 Å². The summed E-state index contributed by atoms with van der Waals surface area (Å²) < 4.78 is 6.22. The van der Waals surface area contributed by atoms with Gasteiger partial charge in [-0.1, -0.05) is 103 Å². The van der Waals surface area contributed by atoms with Gasteiger partial charge in [0.05, 0.1) is 20.6 Å². The number of hydrogen-bond acceptors (Lipinski definition) is 2. The number of unbranched alkanes of at least 4 members (excludes halogenated alkanes) is 15. The van der Waals surface area contributed by atoms with Crippen LogP contribution in [0.4, 0.5) is 0 Å². The molecule has 5 heteroatoms. The van der Waals surface area contributed by atoms with E-state index in [0.717, 1.165) is 11.1 Å². The van der Waals surface area contributed by atoms with Gasteiger partial charge in [0.25, 0.3) is 0 Å². The van der Waals surface area contributed by atoms with Crippen LogP contribution in [0, 0.1) is 0 Å².